The van der Waals surface area contributed by atoms with Crippen LogP contribution in [0, 0.1) is 0 Å². The molecule has 1 aliphatic heterocycles. The summed E-state index contributed by atoms with van der Waals surface area (Å²) in [7, 11) is -2.07. The zero-order chi connectivity index (χ0) is 19.7. The fourth-order valence-electron chi connectivity index (χ4n) is 3.00. The van der Waals surface area contributed by atoms with Crippen LogP contribution in [0.3, 0.4) is 0 Å². The molecule has 2 aromatic rings. The Kier molecular flexibility index (Phi) is 5.24. The van der Waals surface area contributed by atoms with Crippen LogP contribution in [0.5, 0.6) is 5.75 Å². The number of β-lactam (4-membered cyclic amide) rings is 1. The van der Waals surface area contributed by atoms with Crippen LogP contribution in [0.2, 0.25) is 18.1 Å². The molecule has 3 rings (SSSR count). The normalized spacial score (nSPS) is 20.6. The van der Waals surface area contributed by atoms with Crippen LogP contribution in [0.4, 0.5) is 0 Å². The summed E-state index contributed by atoms with van der Waals surface area (Å²) in [5.41, 5.74) is 0.981. The van der Waals surface area contributed by atoms with Crippen LogP contribution in [-0.2, 0) is 4.79 Å². The summed E-state index contributed by atoms with van der Waals surface area (Å²) < 4.78 is 8.22. The molecular formula is C22H28N2O2Si. The van der Waals surface area contributed by atoms with Crippen molar-refractivity contribution in [2.75, 3.05) is 0 Å². The van der Waals surface area contributed by atoms with Gasteiger partial charge >= 0.3 is 0 Å². The lowest BCUT2D eigenvalue weighted by atomic mass is 10.1. The molecule has 0 bridgehead atoms. The van der Waals surface area contributed by atoms with Crippen molar-refractivity contribution < 1.29 is 9.53 Å². The number of carbonyl (C=O) groups is 1. The molecule has 0 aliphatic carbocycles. The average molecular weight is 381 g/mol. The lowest BCUT2D eigenvalue weighted by Gasteiger charge is -2.56. The predicted octanol–water partition coefficient (Wildman–Crippen LogP) is 4.73. The molecule has 1 saturated heterocycles. The van der Waals surface area contributed by atoms with Gasteiger partial charge in [0, 0.05) is 6.21 Å². The number of rotatable bonds is 5. The number of para-hydroxylation sites is 1. The molecule has 27 heavy (non-hydrogen) atoms. The minimum Gasteiger partial charge on any atom is -0.468 e. The molecule has 0 unspecified atom stereocenters. The van der Waals surface area contributed by atoms with Gasteiger partial charge < -0.3 is 9.30 Å². The molecule has 2 aromatic carbocycles. The van der Waals surface area contributed by atoms with Gasteiger partial charge in [0.2, 0.25) is 5.91 Å². The second-order valence-electron chi connectivity index (χ2n) is 8.47. The predicted molar refractivity (Wildman–Crippen MR) is 113 cm³/mol. The van der Waals surface area contributed by atoms with Crippen LogP contribution in [0.25, 0.3) is 0 Å². The highest BCUT2D eigenvalue weighted by molar-refractivity contribution is 6.80. The summed E-state index contributed by atoms with van der Waals surface area (Å²) in [6.45, 7) is 11.1. The molecule has 2 atom stereocenters. The number of aliphatic imine (C=N–C) groups is 1. The lowest BCUT2D eigenvalue weighted by Crippen LogP contribution is -2.76. The molecular weight excluding hydrogens is 352 g/mol. The van der Waals surface area contributed by atoms with E-state index in [4.69, 9.17) is 4.74 Å². The van der Waals surface area contributed by atoms with E-state index in [2.05, 4.69) is 38.9 Å². The first-order chi connectivity index (χ1) is 12.7. The van der Waals surface area contributed by atoms with Gasteiger partial charge in [-0.05, 0) is 22.7 Å². The number of hydrogen-bond donors (Lipinski definition) is 0. The highest BCUT2D eigenvalue weighted by Crippen LogP contribution is 2.44. The average Bonchev–Trinajstić information content (AvgIpc) is 2.62. The Morgan fingerprint density at radius 3 is 2.11 bits per heavy atom. The van der Waals surface area contributed by atoms with Gasteiger partial charge in [0.05, 0.1) is 0 Å². The first-order valence-corrected chi connectivity index (χ1v) is 12.3. The van der Waals surface area contributed by atoms with Crippen molar-refractivity contribution in [3.63, 3.8) is 0 Å². The van der Waals surface area contributed by atoms with Gasteiger partial charge in [0.1, 0.15) is 5.75 Å². The Bertz CT molecular complexity index is 813. The van der Waals surface area contributed by atoms with E-state index in [9.17, 15) is 4.79 Å². The zero-order valence-electron chi connectivity index (χ0n) is 16.7. The molecule has 0 radical (unpaired) electrons. The number of ether oxygens (including phenoxy) is 1. The minimum absolute atomic E-state index is 0.0368. The van der Waals surface area contributed by atoms with Crippen molar-refractivity contribution in [3.8, 4) is 5.75 Å². The van der Waals surface area contributed by atoms with Crippen LogP contribution in [-0.4, -0.2) is 37.2 Å². The van der Waals surface area contributed by atoms with E-state index in [0.717, 1.165) is 11.3 Å². The van der Waals surface area contributed by atoms with Gasteiger partial charge in [-0.2, -0.15) is 0 Å². The molecule has 0 aromatic heterocycles. The number of nitrogens with zero attached hydrogens (tertiary/aromatic N) is 2. The second kappa shape index (κ2) is 7.31. The summed E-state index contributed by atoms with van der Waals surface area (Å²) >= 11 is 0. The van der Waals surface area contributed by atoms with E-state index < -0.39 is 14.3 Å². The minimum atomic E-state index is -2.07. The molecule has 142 valence electrons. The van der Waals surface area contributed by atoms with E-state index in [1.54, 1.807) is 6.21 Å². The van der Waals surface area contributed by atoms with Crippen molar-refractivity contribution in [1.82, 2.24) is 4.57 Å². The third-order valence-corrected chi connectivity index (χ3v) is 11.0. The smallest absolute Gasteiger partial charge is 0.248 e. The molecule has 1 heterocycles. The highest BCUT2D eigenvalue weighted by Gasteiger charge is 2.59. The number of carbonyl (C=O) groups excluding carboxylic acids is 1. The van der Waals surface area contributed by atoms with Gasteiger partial charge in [-0.1, -0.05) is 82.4 Å². The molecule has 1 amide bonds. The topological polar surface area (TPSA) is 41.9 Å². The third-order valence-electron chi connectivity index (χ3n) is 5.64. The van der Waals surface area contributed by atoms with Crippen LogP contribution in [0.15, 0.2) is 65.7 Å². The highest BCUT2D eigenvalue weighted by atomic mass is 28.3. The van der Waals surface area contributed by atoms with Gasteiger partial charge in [0.25, 0.3) is 0 Å². The first kappa shape index (κ1) is 19.4. The molecule has 1 aliphatic rings. The van der Waals surface area contributed by atoms with Crippen LogP contribution < -0.4 is 4.74 Å². The Hall–Kier alpha value is -2.40. The summed E-state index contributed by atoms with van der Waals surface area (Å²) in [5, 5.41) is 0.0368. The molecule has 1 fully saturated rings. The number of amides is 1. The van der Waals surface area contributed by atoms with Crippen molar-refractivity contribution >= 4 is 20.4 Å². The number of benzene rings is 2. The van der Waals surface area contributed by atoms with Gasteiger partial charge in [-0.15, -0.1) is 0 Å². The second-order valence-corrected chi connectivity index (χ2v) is 13.6. The molecule has 0 spiro atoms. The largest absolute Gasteiger partial charge is 0.468 e. The Morgan fingerprint density at radius 2 is 1.56 bits per heavy atom. The quantitative estimate of drug-likeness (QED) is 0.428. The Labute approximate surface area is 163 Å². The molecule has 0 N–H and O–H groups in total. The number of hydrogen-bond acceptors (Lipinski definition) is 3. The van der Waals surface area contributed by atoms with Crippen LogP contribution in [0.1, 0.15) is 26.3 Å². The van der Waals surface area contributed by atoms with E-state index in [-0.39, 0.29) is 17.2 Å². The maximum absolute atomic E-state index is 13.0. The van der Waals surface area contributed by atoms with Gasteiger partial charge in [-0.3, -0.25) is 9.79 Å². The van der Waals surface area contributed by atoms with E-state index in [1.165, 1.54) is 0 Å². The monoisotopic (exact) mass is 380 g/mol. The van der Waals surface area contributed by atoms with Crippen LogP contribution >= 0.6 is 0 Å². The Morgan fingerprint density at radius 1 is 1.00 bits per heavy atom. The zero-order valence-corrected chi connectivity index (χ0v) is 17.7. The summed E-state index contributed by atoms with van der Waals surface area (Å²) in [6, 6.07) is 19.0. The first-order valence-electron chi connectivity index (χ1n) is 9.35. The molecule has 0 saturated carbocycles. The fourth-order valence-corrected chi connectivity index (χ4v) is 5.24. The maximum atomic E-state index is 13.0. The molecule has 4 nitrogen and oxygen atoms in total. The van der Waals surface area contributed by atoms with E-state index in [0.29, 0.717) is 0 Å². The van der Waals surface area contributed by atoms with Crippen molar-refractivity contribution in [3.05, 3.63) is 66.2 Å². The van der Waals surface area contributed by atoms with E-state index >= 15 is 0 Å². The lowest BCUT2D eigenvalue weighted by molar-refractivity contribution is -0.154. The SMILES string of the molecule is CC(C)(C)[Si](C)(C)N1C(=O)[C@@H](N=Cc2ccccc2)[C@@H]1Oc1ccccc1. The van der Waals surface area contributed by atoms with Crippen molar-refractivity contribution in [2.45, 2.75) is 51.2 Å². The van der Waals surface area contributed by atoms with E-state index in [1.807, 2.05) is 65.2 Å². The summed E-state index contributed by atoms with van der Waals surface area (Å²) in [6.07, 6.45) is 1.41. The maximum Gasteiger partial charge on any atom is 0.248 e. The Balaban J connectivity index is 1.88. The third kappa shape index (κ3) is 3.83. The van der Waals surface area contributed by atoms with Crippen molar-refractivity contribution in [1.29, 1.82) is 0 Å². The summed E-state index contributed by atoms with van der Waals surface area (Å²) in [4.78, 5) is 17.6. The van der Waals surface area contributed by atoms with Crippen molar-refractivity contribution in [2.24, 2.45) is 4.99 Å². The standard InChI is InChI=1S/C22H28N2O2Si/c1-22(2,3)27(4,5)24-20(25)19(23-16-17-12-8-6-9-13-17)21(24)26-18-14-10-7-11-15-18/h6-16,19,21H,1-5H3/t19-,21+/m1/s1. The van der Waals surface area contributed by atoms with Gasteiger partial charge in [-0.25, -0.2) is 0 Å². The summed E-state index contributed by atoms with van der Waals surface area (Å²) in [5.74, 6) is 0.827. The van der Waals surface area contributed by atoms with Gasteiger partial charge in [0.15, 0.2) is 20.5 Å². The molecule has 5 heteroatoms. The fraction of sp³-hybridized carbons (Fsp3) is 0.364.